The van der Waals surface area contributed by atoms with Crippen LogP contribution in [0.15, 0.2) is 48.5 Å². The Balaban J connectivity index is 1.64. The van der Waals surface area contributed by atoms with Gasteiger partial charge in [-0.15, -0.1) is 0 Å². The number of ether oxygens (including phenoxy) is 1. The zero-order chi connectivity index (χ0) is 23.4. The first-order chi connectivity index (χ1) is 15.2. The fourth-order valence-electron chi connectivity index (χ4n) is 3.63. The summed E-state index contributed by atoms with van der Waals surface area (Å²) in [7, 11) is 0. The molecule has 32 heavy (non-hydrogen) atoms. The average molecular weight is 437 g/mol. The molecule has 168 valence electrons. The minimum atomic E-state index is -0.638. The van der Waals surface area contributed by atoms with E-state index in [4.69, 9.17) is 4.74 Å². The van der Waals surface area contributed by atoms with Gasteiger partial charge < -0.3 is 9.64 Å². The molecule has 3 rings (SSSR count). The molecular formula is C25H28N2O5. The molecule has 1 aliphatic rings. The van der Waals surface area contributed by atoms with Crippen molar-refractivity contribution in [3.63, 3.8) is 0 Å². The van der Waals surface area contributed by atoms with Crippen molar-refractivity contribution in [1.82, 2.24) is 4.90 Å². The van der Waals surface area contributed by atoms with E-state index in [2.05, 4.69) is 0 Å². The maximum absolute atomic E-state index is 12.6. The number of amides is 3. The molecule has 7 nitrogen and oxygen atoms in total. The van der Waals surface area contributed by atoms with Crippen molar-refractivity contribution in [3.05, 3.63) is 65.2 Å². The summed E-state index contributed by atoms with van der Waals surface area (Å²) in [6.45, 7) is 8.99. The molecule has 0 radical (unpaired) electrons. The molecule has 1 aliphatic heterocycles. The Kier molecular flexibility index (Phi) is 7.08. The number of hydrogen-bond donors (Lipinski definition) is 0. The first kappa shape index (κ1) is 23.2. The lowest BCUT2D eigenvalue weighted by molar-refractivity contribution is -0.135. The largest absolute Gasteiger partial charge is 0.452 e. The third-order valence-electron chi connectivity index (χ3n) is 5.01. The fraction of sp³-hybridized carbons (Fsp3) is 0.360. The highest BCUT2D eigenvalue weighted by atomic mass is 16.5. The lowest BCUT2D eigenvalue weighted by Gasteiger charge is -2.26. The highest BCUT2D eigenvalue weighted by Gasteiger charge is 2.36. The van der Waals surface area contributed by atoms with E-state index in [-0.39, 0.29) is 18.1 Å². The molecule has 0 atom stereocenters. The molecule has 0 unspecified atom stereocenters. The van der Waals surface area contributed by atoms with Gasteiger partial charge in [-0.2, -0.15) is 0 Å². The van der Waals surface area contributed by atoms with Crippen LogP contribution in [-0.2, 0) is 9.53 Å². The van der Waals surface area contributed by atoms with Gasteiger partial charge in [-0.05, 0) is 48.2 Å². The Bertz CT molecular complexity index is 982. The third kappa shape index (κ3) is 5.04. The summed E-state index contributed by atoms with van der Waals surface area (Å²) in [5.41, 5.74) is 1.31. The molecule has 7 heteroatoms. The second-order valence-corrected chi connectivity index (χ2v) is 8.70. The fourth-order valence-corrected chi connectivity index (χ4v) is 3.63. The van der Waals surface area contributed by atoms with Crippen molar-refractivity contribution in [3.8, 4) is 0 Å². The Morgan fingerprint density at radius 2 is 1.34 bits per heavy atom. The van der Waals surface area contributed by atoms with Gasteiger partial charge in [0.05, 0.1) is 22.4 Å². The molecule has 1 heterocycles. The second kappa shape index (κ2) is 9.77. The van der Waals surface area contributed by atoms with E-state index in [0.717, 1.165) is 4.90 Å². The minimum Gasteiger partial charge on any atom is -0.452 e. The molecule has 2 aromatic rings. The molecule has 0 aliphatic carbocycles. The van der Waals surface area contributed by atoms with Gasteiger partial charge in [0.15, 0.2) is 6.61 Å². The van der Waals surface area contributed by atoms with Crippen LogP contribution < -0.4 is 4.90 Å². The molecule has 2 aromatic carbocycles. The summed E-state index contributed by atoms with van der Waals surface area (Å²) < 4.78 is 5.21. The van der Waals surface area contributed by atoms with Gasteiger partial charge >= 0.3 is 5.97 Å². The van der Waals surface area contributed by atoms with Crippen molar-refractivity contribution in [2.75, 3.05) is 24.6 Å². The molecule has 3 amide bonds. The number of hydrogen-bond acceptors (Lipinski definition) is 5. The van der Waals surface area contributed by atoms with Crippen LogP contribution in [0, 0.1) is 11.8 Å². The predicted molar refractivity (Wildman–Crippen MR) is 121 cm³/mol. The van der Waals surface area contributed by atoms with Crippen LogP contribution in [0.25, 0.3) is 0 Å². The van der Waals surface area contributed by atoms with E-state index in [0.29, 0.717) is 41.7 Å². The van der Waals surface area contributed by atoms with E-state index in [9.17, 15) is 19.2 Å². The van der Waals surface area contributed by atoms with Crippen LogP contribution in [0.2, 0.25) is 0 Å². The van der Waals surface area contributed by atoms with E-state index >= 15 is 0 Å². The molecule has 0 spiro atoms. The first-order valence-corrected chi connectivity index (χ1v) is 10.7. The molecular weight excluding hydrogens is 408 g/mol. The Morgan fingerprint density at radius 3 is 1.81 bits per heavy atom. The number of nitrogens with zero attached hydrogens (tertiary/aromatic N) is 2. The van der Waals surface area contributed by atoms with E-state index in [1.807, 2.05) is 27.7 Å². The quantitative estimate of drug-likeness (QED) is 0.464. The summed E-state index contributed by atoms with van der Waals surface area (Å²) in [5, 5.41) is 0. The predicted octanol–water partition coefficient (Wildman–Crippen LogP) is 3.78. The summed E-state index contributed by atoms with van der Waals surface area (Å²) in [4.78, 5) is 52.9. The molecule has 0 bridgehead atoms. The van der Waals surface area contributed by atoms with E-state index in [1.54, 1.807) is 29.2 Å². The number of rotatable bonds is 8. The van der Waals surface area contributed by atoms with Crippen LogP contribution in [0.4, 0.5) is 5.69 Å². The van der Waals surface area contributed by atoms with Crippen molar-refractivity contribution in [2.45, 2.75) is 27.7 Å². The molecule has 0 fully saturated rings. The normalized spacial score (nSPS) is 13.0. The van der Waals surface area contributed by atoms with Gasteiger partial charge in [0.1, 0.15) is 0 Å². The molecule has 0 aromatic heterocycles. The molecule has 0 saturated carbocycles. The van der Waals surface area contributed by atoms with Crippen molar-refractivity contribution >= 4 is 29.4 Å². The monoisotopic (exact) mass is 436 g/mol. The third-order valence-corrected chi connectivity index (χ3v) is 5.01. The van der Waals surface area contributed by atoms with Crippen molar-refractivity contribution < 1.29 is 23.9 Å². The van der Waals surface area contributed by atoms with E-state index in [1.165, 1.54) is 24.3 Å². The minimum absolute atomic E-state index is 0.233. The molecule has 0 N–H and O–H groups in total. The summed E-state index contributed by atoms with van der Waals surface area (Å²) in [6, 6.07) is 12.6. The first-order valence-electron chi connectivity index (χ1n) is 10.7. The summed E-state index contributed by atoms with van der Waals surface area (Å²) in [5.74, 6) is -1.06. The topological polar surface area (TPSA) is 84.0 Å². The number of carbonyl (C=O) groups excluding carboxylic acids is 4. The lowest BCUT2D eigenvalue weighted by atomic mass is 10.1. The summed E-state index contributed by atoms with van der Waals surface area (Å²) in [6.07, 6.45) is 0. The standard InChI is InChI=1S/C25H28N2O5/c1-16(2)13-26(14-17(3)4)22(28)15-32-25(31)18-9-11-19(12-10-18)27-23(29)20-7-5-6-8-21(20)24(27)30/h5-12,16-17H,13-15H2,1-4H3. The van der Waals surface area contributed by atoms with E-state index < -0.39 is 17.8 Å². The number of anilines is 1. The summed E-state index contributed by atoms with van der Waals surface area (Å²) >= 11 is 0. The average Bonchev–Trinajstić information content (AvgIpc) is 3.01. The van der Waals surface area contributed by atoms with Gasteiger partial charge in [0.25, 0.3) is 17.7 Å². The van der Waals surface area contributed by atoms with Gasteiger partial charge in [-0.25, -0.2) is 9.69 Å². The van der Waals surface area contributed by atoms with Crippen LogP contribution in [0.3, 0.4) is 0 Å². The number of esters is 1. The van der Waals surface area contributed by atoms with Gasteiger partial charge in [-0.1, -0.05) is 39.8 Å². The van der Waals surface area contributed by atoms with Crippen LogP contribution >= 0.6 is 0 Å². The van der Waals surface area contributed by atoms with Gasteiger partial charge in [0.2, 0.25) is 0 Å². The van der Waals surface area contributed by atoms with Gasteiger partial charge in [0, 0.05) is 13.1 Å². The number of benzene rings is 2. The van der Waals surface area contributed by atoms with Crippen molar-refractivity contribution in [2.24, 2.45) is 11.8 Å². The van der Waals surface area contributed by atoms with Crippen LogP contribution in [0.5, 0.6) is 0 Å². The zero-order valence-electron chi connectivity index (χ0n) is 18.8. The maximum atomic E-state index is 12.6. The lowest BCUT2D eigenvalue weighted by Crippen LogP contribution is -2.39. The Labute approximate surface area is 188 Å². The van der Waals surface area contributed by atoms with Crippen molar-refractivity contribution in [1.29, 1.82) is 0 Å². The Morgan fingerprint density at radius 1 is 0.844 bits per heavy atom. The van der Waals surface area contributed by atoms with Crippen LogP contribution in [0.1, 0.15) is 58.8 Å². The van der Waals surface area contributed by atoms with Gasteiger partial charge in [-0.3, -0.25) is 14.4 Å². The van der Waals surface area contributed by atoms with Crippen LogP contribution in [-0.4, -0.2) is 48.3 Å². The number of carbonyl (C=O) groups is 4. The number of fused-ring (bicyclic) bond motifs is 1. The SMILES string of the molecule is CC(C)CN(CC(C)C)C(=O)COC(=O)c1ccc(N2C(=O)c3ccccc3C2=O)cc1. The second-order valence-electron chi connectivity index (χ2n) is 8.70. The zero-order valence-corrected chi connectivity index (χ0v) is 18.8. The smallest absolute Gasteiger partial charge is 0.338 e. The highest BCUT2D eigenvalue weighted by Crippen LogP contribution is 2.28. The maximum Gasteiger partial charge on any atom is 0.338 e. The number of imide groups is 1. The Hall–Kier alpha value is -3.48. The highest BCUT2D eigenvalue weighted by molar-refractivity contribution is 6.34. The molecule has 0 saturated heterocycles.